The SMILES string of the molecule is CC[C@@H](C)NC(=O)[C@H](C)N(Cc1ccccc1C)C(=O)CN(c1cccc(Br)c1)S(=O)(=O)c1ccccc1. The van der Waals surface area contributed by atoms with E-state index in [9.17, 15) is 18.0 Å². The molecule has 3 aromatic carbocycles. The third-order valence-corrected chi connectivity index (χ3v) is 8.76. The fourth-order valence-electron chi connectivity index (χ4n) is 3.90. The topological polar surface area (TPSA) is 86.8 Å². The number of halogens is 1. The van der Waals surface area contributed by atoms with Gasteiger partial charge in [-0.05, 0) is 68.7 Å². The molecule has 0 aliphatic rings. The highest BCUT2D eigenvalue weighted by atomic mass is 79.9. The van der Waals surface area contributed by atoms with E-state index in [1.807, 2.05) is 45.0 Å². The lowest BCUT2D eigenvalue weighted by Gasteiger charge is -2.32. The molecular formula is C29H34BrN3O4S. The summed E-state index contributed by atoms with van der Waals surface area (Å²) in [5.41, 5.74) is 2.19. The van der Waals surface area contributed by atoms with E-state index in [1.165, 1.54) is 17.0 Å². The molecule has 0 aliphatic heterocycles. The van der Waals surface area contributed by atoms with Crippen molar-refractivity contribution in [2.75, 3.05) is 10.8 Å². The molecule has 38 heavy (non-hydrogen) atoms. The Labute approximate surface area is 234 Å². The van der Waals surface area contributed by atoms with E-state index in [2.05, 4.69) is 21.2 Å². The molecule has 0 saturated heterocycles. The summed E-state index contributed by atoms with van der Waals surface area (Å²) in [6, 6.07) is 21.5. The van der Waals surface area contributed by atoms with Crippen molar-refractivity contribution in [1.29, 1.82) is 0 Å². The minimum atomic E-state index is -4.08. The summed E-state index contributed by atoms with van der Waals surface area (Å²) in [4.78, 5) is 28.6. The maximum atomic E-state index is 13.9. The van der Waals surface area contributed by atoms with Crippen LogP contribution in [0.2, 0.25) is 0 Å². The van der Waals surface area contributed by atoms with Crippen LogP contribution >= 0.6 is 15.9 Å². The molecule has 0 fully saturated rings. The van der Waals surface area contributed by atoms with E-state index < -0.39 is 28.5 Å². The van der Waals surface area contributed by atoms with Gasteiger partial charge in [-0.15, -0.1) is 0 Å². The van der Waals surface area contributed by atoms with Crippen LogP contribution in [-0.4, -0.2) is 43.8 Å². The van der Waals surface area contributed by atoms with Gasteiger partial charge in [0.25, 0.3) is 10.0 Å². The maximum Gasteiger partial charge on any atom is 0.264 e. The van der Waals surface area contributed by atoms with Crippen LogP contribution < -0.4 is 9.62 Å². The van der Waals surface area contributed by atoms with Crippen molar-refractivity contribution in [3.8, 4) is 0 Å². The van der Waals surface area contributed by atoms with Gasteiger partial charge < -0.3 is 10.2 Å². The quantitative estimate of drug-likeness (QED) is 0.324. The summed E-state index contributed by atoms with van der Waals surface area (Å²) >= 11 is 3.40. The standard InChI is InChI=1S/C29H34BrN3O4S/c1-5-22(3)31-29(35)23(4)32(19-24-13-10-9-12-21(24)2)28(34)20-33(26-15-11-14-25(30)18-26)38(36,37)27-16-7-6-8-17-27/h6-18,22-23H,5,19-20H2,1-4H3,(H,31,35)/t22-,23+/m1/s1. The molecule has 0 spiro atoms. The van der Waals surface area contributed by atoms with Crippen LogP contribution in [0.3, 0.4) is 0 Å². The largest absolute Gasteiger partial charge is 0.352 e. The second-order valence-electron chi connectivity index (χ2n) is 9.25. The lowest BCUT2D eigenvalue weighted by molar-refractivity contribution is -0.139. The van der Waals surface area contributed by atoms with Gasteiger partial charge in [0.1, 0.15) is 12.6 Å². The minimum Gasteiger partial charge on any atom is -0.352 e. The van der Waals surface area contributed by atoms with E-state index >= 15 is 0 Å². The molecule has 0 bridgehead atoms. The van der Waals surface area contributed by atoms with Crippen LogP contribution in [0.4, 0.5) is 5.69 Å². The first-order valence-electron chi connectivity index (χ1n) is 12.5. The second kappa shape index (κ2) is 13.1. The van der Waals surface area contributed by atoms with E-state index in [0.717, 1.165) is 21.9 Å². The number of hydrogen-bond donors (Lipinski definition) is 1. The molecule has 0 aliphatic carbocycles. The van der Waals surface area contributed by atoms with Gasteiger partial charge >= 0.3 is 0 Å². The Morgan fingerprint density at radius 3 is 2.24 bits per heavy atom. The van der Waals surface area contributed by atoms with Crippen LogP contribution in [0.25, 0.3) is 0 Å². The second-order valence-corrected chi connectivity index (χ2v) is 12.0. The summed E-state index contributed by atoms with van der Waals surface area (Å²) < 4.78 is 29.3. The van der Waals surface area contributed by atoms with Gasteiger partial charge in [-0.25, -0.2) is 8.42 Å². The lowest BCUT2D eigenvalue weighted by atomic mass is 10.1. The van der Waals surface area contributed by atoms with Crippen molar-refractivity contribution in [3.63, 3.8) is 0 Å². The smallest absolute Gasteiger partial charge is 0.264 e. The van der Waals surface area contributed by atoms with Gasteiger partial charge in [0.2, 0.25) is 11.8 Å². The number of carbonyl (C=O) groups is 2. The highest BCUT2D eigenvalue weighted by Gasteiger charge is 2.33. The summed E-state index contributed by atoms with van der Waals surface area (Å²) in [5, 5.41) is 2.94. The Bertz CT molecular complexity index is 1370. The van der Waals surface area contributed by atoms with Crippen molar-refractivity contribution in [2.45, 2.75) is 57.6 Å². The molecule has 2 atom stereocenters. The van der Waals surface area contributed by atoms with Crippen molar-refractivity contribution >= 4 is 43.5 Å². The Morgan fingerprint density at radius 2 is 1.61 bits per heavy atom. The number of sulfonamides is 1. The average Bonchev–Trinajstić information content (AvgIpc) is 2.91. The van der Waals surface area contributed by atoms with Crippen LogP contribution in [-0.2, 0) is 26.2 Å². The summed E-state index contributed by atoms with van der Waals surface area (Å²) in [7, 11) is -4.08. The van der Waals surface area contributed by atoms with Crippen molar-refractivity contribution in [3.05, 3.63) is 94.5 Å². The first-order chi connectivity index (χ1) is 18.0. The maximum absolute atomic E-state index is 13.9. The monoisotopic (exact) mass is 599 g/mol. The van der Waals surface area contributed by atoms with Crippen LogP contribution in [0.1, 0.15) is 38.3 Å². The van der Waals surface area contributed by atoms with E-state index in [0.29, 0.717) is 10.2 Å². The highest BCUT2D eigenvalue weighted by molar-refractivity contribution is 9.10. The number of nitrogens with zero attached hydrogens (tertiary/aromatic N) is 2. The van der Waals surface area contributed by atoms with Crippen LogP contribution in [0.5, 0.6) is 0 Å². The average molecular weight is 601 g/mol. The molecule has 2 amide bonds. The number of hydrogen-bond acceptors (Lipinski definition) is 4. The van der Waals surface area contributed by atoms with E-state index in [1.54, 1.807) is 49.4 Å². The van der Waals surface area contributed by atoms with Gasteiger partial charge in [-0.1, -0.05) is 71.4 Å². The van der Waals surface area contributed by atoms with E-state index in [-0.39, 0.29) is 23.4 Å². The van der Waals surface area contributed by atoms with Crippen LogP contribution in [0, 0.1) is 6.92 Å². The van der Waals surface area contributed by atoms with E-state index in [4.69, 9.17) is 0 Å². The normalized spacial score (nSPS) is 12.9. The molecule has 3 aromatic rings. The molecule has 0 saturated carbocycles. The number of carbonyl (C=O) groups excluding carboxylic acids is 2. The molecule has 7 nitrogen and oxygen atoms in total. The first kappa shape index (κ1) is 29.4. The van der Waals surface area contributed by atoms with Gasteiger partial charge in [-0.3, -0.25) is 13.9 Å². The Kier molecular flexibility index (Phi) is 10.1. The fraction of sp³-hybridized carbons (Fsp3) is 0.310. The number of rotatable bonds is 11. The third kappa shape index (κ3) is 7.23. The molecule has 202 valence electrons. The highest BCUT2D eigenvalue weighted by Crippen LogP contribution is 2.27. The predicted octanol–water partition coefficient (Wildman–Crippen LogP) is 5.28. The number of benzene rings is 3. The van der Waals surface area contributed by atoms with Crippen molar-refractivity contribution < 1.29 is 18.0 Å². The zero-order valence-corrected chi connectivity index (χ0v) is 24.5. The van der Waals surface area contributed by atoms with Crippen LogP contribution in [0.15, 0.2) is 88.2 Å². The molecule has 0 aromatic heterocycles. The zero-order valence-electron chi connectivity index (χ0n) is 22.1. The Hall–Kier alpha value is -3.17. The van der Waals surface area contributed by atoms with Gasteiger partial charge in [0, 0.05) is 17.1 Å². The van der Waals surface area contributed by atoms with Gasteiger partial charge in [-0.2, -0.15) is 0 Å². The molecule has 9 heteroatoms. The Morgan fingerprint density at radius 1 is 0.947 bits per heavy atom. The van der Waals surface area contributed by atoms with Gasteiger partial charge in [0.15, 0.2) is 0 Å². The first-order valence-corrected chi connectivity index (χ1v) is 14.8. The number of nitrogens with one attached hydrogen (secondary N) is 1. The number of amides is 2. The van der Waals surface area contributed by atoms with Crippen molar-refractivity contribution in [2.24, 2.45) is 0 Å². The summed E-state index contributed by atoms with van der Waals surface area (Å²) in [6.07, 6.45) is 0.746. The fourth-order valence-corrected chi connectivity index (χ4v) is 5.71. The summed E-state index contributed by atoms with van der Waals surface area (Å²) in [6.45, 7) is 7.17. The Balaban J connectivity index is 2.03. The molecule has 0 heterocycles. The lowest BCUT2D eigenvalue weighted by Crippen LogP contribution is -2.52. The zero-order chi connectivity index (χ0) is 27.9. The van der Waals surface area contributed by atoms with Crippen molar-refractivity contribution in [1.82, 2.24) is 10.2 Å². The molecule has 3 rings (SSSR count). The molecule has 0 unspecified atom stereocenters. The molecule has 0 radical (unpaired) electrons. The summed E-state index contributed by atoms with van der Waals surface area (Å²) in [5.74, 6) is -0.777. The third-order valence-electron chi connectivity index (χ3n) is 6.48. The molecule has 1 N–H and O–H groups in total. The minimum absolute atomic E-state index is 0.0583. The number of aryl methyl sites for hydroxylation is 1. The number of anilines is 1. The molecular weight excluding hydrogens is 566 g/mol. The predicted molar refractivity (Wildman–Crippen MR) is 154 cm³/mol. The van der Waals surface area contributed by atoms with Gasteiger partial charge in [0.05, 0.1) is 10.6 Å².